The number of nitrogens with one attached hydrogen (secondary N) is 1. The first kappa shape index (κ1) is 12.5. The zero-order chi connectivity index (χ0) is 12.1. The summed E-state index contributed by atoms with van der Waals surface area (Å²) in [5.74, 6) is 2.30. The van der Waals surface area contributed by atoms with E-state index in [1.165, 1.54) is 22.1 Å². The molecule has 0 aliphatic carbocycles. The second-order valence-corrected chi connectivity index (χ2v) is 5.39. The fourth-order valence-electron chi connectivity index (χ4n) is 2.12. The molecule has 0 bridgehead atoms. The summed E-state index contributed by atoms with van der Waals surface area (Å²) >= 11 is 1.98. The standard InChI is InChI=1S/C15H19NS/c1-3-17-11-15(16-2)14-10-6-8-12-7-4-5-9-13(12)14/h4-10,15-16H,3,11H2,1-2H3. The van der Waals surface area contributed by atoms with Gasteiger partial charge in [-0.2, -0.15) is 11.8 Å². The predicted molar refractivity (Wildman–Crippen MR) is 78.7 cm³/mol. The Balaban J connectivity index is 2.38. The fraction of sp³-hybridized carbons (Fsp3) is 0.333. The second-order valence-electron chi connectivity index (χ2n) is 4.07. The highest BCUT2D eigenvalue weighted by molar-refractivity contribution is 7.99. The van der Waals surface area contributed by atoms with Crippen molar-refractivity contribution in [2.24, 2.45) is 0 Å². The Bertz CT molecular complexity index is 476. The topological polar surface area (TPSA) is 12.0 Å². The van der Waals surface area contributed by atoms with Crippen molar-refractivity contribution in [1.29, 1.82) is 0 Å². The van der Waals surface area contributed by atoms with Crippen LogP contribution in [-0.4, -0.2) is 18.6 Å². The van der Waals surface area contributed by atoms with Crippen LogP contribution in [0.3, 0.4) is 0 Å². The summed E-state index contributed by atoms with van der Waals surface area (Å²) in [6.07, 6.45) is 0. The van der Waals surface area contributed by atoms with Crippen LogP contribution in [0.2, 0.25) is 0 Å². The Hall–Kier alpha value is -0.990. The Morgan fingerprint density at radius 1 is 1.12 bits per heavy atom. The van der Waals surface area contributed by atoms with Crippen molar-refractivity contribution in [2.45, 2.75) is 13.0 Å². The third kappa shape index (κ3) is 2.82. The van der Waals surface area contributed by atoms with Crippen LogP contribution >= 0.6 is 11.8 Å². The van der Waals surface area contributed by atoms with Gasteiger partial charge in [-0.05, 0) is 29.1 Å². The molecule has 0 amide bonds. The van der Waals surface area contributed by atoms with E-state index in [1.54, 1.807) is 0 Å². The van der Waals surface area contributed by atoms with E-state index in [0.717, 1.165) is 5.75 Å². The van der Waals surface area contributed by atoms with Gasteiger partial charge in [-0.25, -0.2) is 0 Å². The monoisotopic (exact) mass is 245 g/mol. The molecule has 0 aliphatic heterocycles. The Kier molecular flexibility index (Phi) is 4.46. The molecule has 2 aromatic rings. The van der Waals surface area contributed by atoms with Gasteiger partial charge in [0.05, 0.1) is 0 Å². The highest BCUT2D eigenvalue weighted by Crippen LogP contribution is 2.26. The van der Waals surface area contributed by atoms with Gasteiger partial charge < -0.3 is 5.32 Å². The van der Waals surface area contributed by atoms with Crippen LogP contribution in [0.25, 0.3) is 10.8 Å². The quantitative estimate of drug-likeness (QED) is 0.858. The summed E-state index contributed by atoms with van der Waals surface area (Å²) in [6.45, 7) is 2.21. The molecular weight excluding hydrogens is 226 g/mol. The van der Waals surface area contributed by atoms with Crippen LogP contribution in [-0.2, 0) is 0 Å². The SMILES string of the molecule is CCSCC(NC)c1cccc2ccccc12. The second kappa shape index (κ2) is 6.08. The summed E-state index contributed by atoms with van der Waals surface area (Å²) < 4.78 is 0. The van der Waals surface area contributed by atoms with Gasteiger partial charge in [-0.3, -0.25) is 0 Å². The minimum atomic E-state index is 0.436. The van der Waals surface area contributed by atoms with E-state index in [1.807, 2.05) is 18.8 Å². The van der Waals surface area contributed by atoms with E-state index in [-0.39, 0.29) is 0 Å². The molecule has 0 spiro atoms. The summed E-state index contributed by atoms with van der Waals surface area (Å²) in [5, 5.41) is 6.12. The van der Waals surface area contributed by atoms with Crippen molar-refractivity contribution < 1.29 is 0 Å². The van der Waals surface area contributed by atoms with E-state index < -0.39 is 0 Å². The third-order valence-corrected chi connectivity index (χ3v) is 4.01. The van der Waals surface area contributed by atoms with Gasteiger partial charge in [0, 0.05) is 11.8 Å². The van der Waals surface area contributed by atoms with Crippen LogP contribution in [0.1, 0.15) is 18.5 Å². The average Bonchev–Trinajstić information content (AvgIpc) is 2.40. The largest absolute Gasteiger partial charge is 0.312 e. The minimum absolute atomic E-state index is 0.436. The fourth-order valence-corrected chi connectivity index (χ4v) is 2.94. The van der Waals surface area contributed by atoms with Crippen LogP contribution in [0.5, 0.6) is 0 Å². The number of benzene rings is 2. The Morgan fingerprint density at radius 3 is 2.65 bits per heavy atom. The first-order chi connectivity index (χ1) is 8.36. The number of rotatable bonds is 5. The number of hydrogen-bond donors (Lipinski definition) is 1. The van der Waals surface area contributed by atoms with Gasteiger partial charge in [-0.15, -0.1) is 0 Å². The molecule has 0 heterocycles. The van der Waals surface area contributed by atoms with Crippen molar-refractivity contribution in [1.82, 2.24) is 5.32 Å². The van der Waals surface area contributed by atoms with Crippen molar-refractivity contribution in [3.63, 3.8) is 0 Å². The van der Waals surface area contributed by atoms with Crippen LogP contribution < -0.4 is 5.32 Å². The molecule has 1 unspecified atom stereocenters. The molecule has 1 atom stereocenters. The van der Waals surface area contributed by atoms with Crippen molar-refractivity contribution >= 4 is 22.5 Å². The summed E-state index contributed by atoms with van der Waals surface area (Å²) in [5.41, 5.74) is 1.41. The number of hydrogen-bond acceptors (Lipinski definition) is 2. The lowest BCUT2D eigenvalue weighted by Gasteiger charge is -2.18. The molecule has 0 aliphatic rings. The number of fused-ring (bicyclic) bond motifs is 1. The highest BCUT2D eigenvalue weighted by Gasteiger charge is 2.11. The molecule has 2 aromatic carbocycles. The molecule has 1 N–H and O–H groups in total. The summed E-state index contributed by atoms with van der Waals surface area (Å²) in [6, 6.07) is 15.6. The van der Waals surface area contributed by atoms with E-state index in [2.05, 4.69) is 54.7 Å². The molecule has 2 heteroatoms. The maximum absolute atomic E-state index is 3.42. The predicted octanol–water partition coefficient (Wildman–Crippen LogP) is 3.85. The van der Waals surface area contributed by atoms with E-state index in [4.69, 9.17) is 0 Å². The maximum Gasteiger partial charge on any atom is 0.0415 e. The van der Waals surface area contributed by atoms with E-state index in [0.29, 0.717) is 6.04 Å². The highest BCUT2D eigenvalue weighted by atomic mass is 32.2. The van der Waals surface area contributed by atoms with Gasteiger partial charge in [0.1, 0.15) is 0 Å². The lowest BCUT2D eigenvalue weighted by molar-refractivity contribution is 0.667. The summed E-state index contributed by atoms with van der Waals surface area (Å²) in [4.78, 5) is 0. The van der Waals surface area contributed by atoms with Crippen molar-refractivity contribution in [3.8, 4) is 0 Å². The molecule has 90 valence electrons. The zero-order valence-electron chi connectivity index (χ0n) is 10.4. The van der Waals surface area contributed by atoms with Gasteiger partial charge in [0.2, 0.25) is 0 Å². The third-order valence-electron chi connectivity index (χ3n) is 3.04. The molecule has 1 nitrogen and oxygen atoms in total. The molecule has 0 aromatic heterocycles. The number of thioether (sulfide) groups is 1. The van der Waals surface area contributed by atoms with Gasteiger partial charge >= 0.3 is 0 Å². The van der Waals surface area contributed by atoms with E-state index in [9.17, 15) is 0 Å². The Labute approximate surface area is 108 Å². The maximum atomic E-state index is 3.42. The van der Waals surface area contributed by atoms with E-state index >= 15 is 0 Å². The molecule has 0 fully saturated rings. The molecular formula is C15H19NS. The molecule has 0 saturated heterocycles. The van der Waals surface area contributed by atoms with Gasteiger partial charge in [-0.1, -0.05) is 49.4 Å². The van der Waals surface area contributed by atoms with Crippen LogP contribution in [0, 0.1) is 0 Å². The smallest absolute Gasteiger partial charge is 0.0415 e. The molecule has 0 saturated carbocycles. The normalized spacial score (nSPS) is 12.8. The van der Waals surface area contributed by atoms with Gasteiger partial charge in [0.25, 0.3) is 0 Å². The minimum Gasteiger partial charge on any atom is -0.312 e. The van der Waals surface area contributed by atoms with Crippen molar-refractivity contribution in [3.05, 3.63) is 48.0 Å². The van der Waals surface area contributed by atoms with Crippen LogP contribution in [0.4, 0.5) is 0 Å². The first-order valence-electron chi connectivity index (χ1n) is 6.09. The van der Waals surface area contributed by atoms with Gasteiger partial charge in [0.15, 0.2) is 0 Å². The lowest BCUT2D eigenvalue weighted by Crippen LogP contribution is -2.19. The molecule has 2 rings (SSSR count). The van der Waals surface area contributed by atoms with Crippen LogP contribution in [0.15, 0.2) is 42.5 Å². The zero-order valence-corrected chi connectivity index (χ0v) is 11.3. The Morgan fingerprint density at radius 2 is 1.88 bits per heavy atom. The summed E-state index contributed by atoms with van der Waals surface area (Å²) in [7, 11) is 2.04. The molecule has 17 heavy (non-hydrogen) atoms. The average molecular weight is 245 g/mol. The van der Waals surface area contributed by atoms with Crippen molar-refractivity contribution in [2.75, 3.05) is 18.6 Å². The first-order valence-corrected chi connectivity index (χ1v) is 7.25. The lowest BCUT2D eigenvalue weighted by atomic mass is 10.00. The molecule has 0 radical (unpaired) electrons.